The van der Waals surface area contributed by atoms with E-state index in [0.717, 1.165) is 47.2 Å². The molecule has 5 aromatic rings. The smallest absolute Gasteiger partial charge is 0.127 e. The van der Waals surface area contributed by atoms with Crippen molar-refractivity contribution in [1.82, 2.24) is 0 Å². The van der Waals surface area contributed by atoms with Gasteiger partial charge in [0.25, 0.3) is 0 Å². The molecular weight excluding hydrogens is 444 g/mol. The highest BCUT2D eigenvalue weighted by atomic mass is 16.5. The second-order valence-corrected chi connectivity index (χ2v) is 8.80. The predicted octanol–water partition coefficient (Wildman–Crippen LogP) is 7.62. The summed E-state index contributed by atoms with van der Waals surface area (Å²) in [6.45, 7) is 0. The number of nitrogen functional groups attached to an aromatic ring is 2. The fourth-order valence-corrected chi connectivity index (χ4v) is 4.02. The van der Waals surface area contributed by atoms with Gasteiger partial charge in [0.05, 0.1) is 0 Å². The SMILES string of the molecule is Nc1ccc(Oc2ccc(Cc3cccc(Cc4ccc(Oc5ccc(N)cc5)cc4)c3)cc2)cc1. The van der Waals surface area contributed by atoms with Crippen LogP contribution in [-0.2, 0) is 12.8 Å². The Morgan fingerprint density at radius 2 is 0.722 bits per heavy atom. The van der Waals surface area contributed by atoms with E-state index in [1.165, 1.54) is 22.3 Å². The third kappa shape index (κ3) is 6.24. The first kappa shape index (κ1) is 23.1. The summed E-state index contributed by atoms with van der Waals surface area (Å²) in [7, 11) is 0. The summed E-state index contributed by atoms with van der Waals surface area (Å²) in [5, 5.41) is 0. The molecule has 178 valence electrons. The highest BCUT2D eigenvalue weighted by Gasteiger charge is 2.04. The summed E-state index contributed by atoms with van der Waals surface area (Å²) in [4.78, 5) is 0. The molecule has 4 N–H and O–H groups in total. The van der Waals surface area contributed by atoms with Crippen LogP contribution in [0.1, 0.15) is 22.3 Å². The van der Waals surface area contributed by atoms with E-state index in [2.05, 4.69) is 48.5 Å². The first-order valence-corrected chi connectivity index (χ1v) is 11.9. The lowest BCUT2D eigenvalue weighted by atomic mass is 9.99. The van der Waals surface area contributed by atoms with Gasteiger partial charge in [-0.1, -0.05) is 48.5 Å². The number of anilines is 2. The predicted molar refractivity (Wildman–Crippen MR) is 147 cm³/mol. The third-order valence-electron chi connectivity index (χ3n) is 5.89. The molecule has 36 heavy (non-hydrogen) atoms. The van der Waals surface area contributed by atoms with Crippen molar-refractivity contribution in [2.45, 2.75) is 12.8 Å². The Bertz CT molecular complexity index is 1300. The van der Waals surface area contributed by atoms with E-state index in [1.54, 1.807) is 0 Å². The minimum Gasteiger partial charge on any atom is -0.457 e. The maximum absolute atomic E-state index is 5.90. The maximum atomic E-state index is 5.90. The molecule has 5 aromatic carbocycles. The van der Waals surface area contributed by atoms with Crippen LogP contribution in [0.25, 0.3) is 0 Å². The Labute approximate surface area is 211 Å². The molecule has 0 bridgehead atoms. The standard InChI is InChI=1S/C32H28N2O2/c33-27-8-16-31(17-9-27)35-29-12-4-23(5-13-29)20-25-2-1-3-26(22-25)21-24-6-14-30(15-7-24)36-32-18-10-28(34)11-19-32/h1-19,22H,20-21,33-34H2. The molecule has 0 amide bonds. The van der Waals surface area contributed by atoms with Crippen LogP contribution >= 0.6 is 0 Å². The quantitative estimate of drug-likeness (QED) is 0.228. The average molecular weight is 473 g/mol. The number of hydrogen-bond donors (Lipinski definition) is 2. The van der Waals surface area contributed by atoms with Gasteiger partial charge in [-0.15, -0.1) is 0 Å². The van der Waals surface area contributed by atoms with E-state index < -0.39 is 0 Å². The molecule has 0 heterocycles. The van der Waals surface area contributed by atoms with E-state index in [4.69, 9.17) is 20.9 Å². The van der Waals surface area contributed by atoms with Crippen LogP contribution in [-0.4, -0.2) is 0 Å². The number of ether oxygens (including phenoxy) is 2. The van der Waals surface area contributed by atoms with Crippen molar-refractivity contribution in [3.05, 3.63) is 144 Å². The van der Waals surface area contributed by atoms with Gasteiger partial charge in [-0.3, -0.25) is 0 Å². The molecule has 0 spiro atoms. The number of benzene rings is 5. The van der Waals surface area contributed by atoms with Crippen molar-refractivity contribution >= 4 is 11.4 Å². The maximum Gasteiger partial charge on any atom is 0.127 e. The summed E-state index contributed by atoms with van der Waals surface area (Å²) in [5.41, 5.74) is 18.0. The highest BCUT2D eigenvalue weighted by Crippen LogP contribution is 2.25. The van der Waals surface area contributed by atoms with E-state index in [9.17, 15) is 0 Å². The molecule has 4 heteroatoms. The lowest BCUT2D eigenvalue weighted by molar-refractivity contribution is 0.482. The summed E-state index contributed by atoms with van der Waals surface area (Å²) in [6, 6.07) is 40.0. The molecule has 0 aliphatic rings. The van der Waals surface area contributed by atoms with E-state index in [-0.39, 0.29) is 0 Å². The van der Waals surface area contributed by atoms with Crippen molar-refractivity contribution in [3.8, 4) is 23.0 Å². The van der Waals surface area contributed by atoms with Gasteiger partial charge in [0.15, 0.2) is 0 Å². The van der Waals surface area contributed by atoms with Crippen LogP contribution in [0.4, 0.5) is 11.4 Å². The summed E-state index contributed by atoms with van der Waals surface area (Å²) < 4.78 is 11.8. The fourth-order valence-electron chi connectivity index (χ4n) is 4.02. The van der Waals surface area contributed by atoms with Crippen LogP contribution in [0.15, 0.2) is 121 Å². The Morgan fingerprint density at radius 1 is 0.389 bits per heavy atom. The molecule has 0 aliphatic carbocycles. The van der Waals surface area contributed by atoms with Crippen LogP contribution in [0.5, 0.6) is 23.0 Å². The van der Waals surface area contributed by atoms with Gasteiger partial charge < -0.3 is 20.9 Å². The molecule has 0 saturated carbocycles. The van der Waals surface area contributed by atoms with Gasteiger partial charge in [0.1, 0.15) is 23.0 Å². The van der Waals surface area contributed by atoms with Gasteiger partial charge in [-0.05, 0) is 108 Å². The van der Waals surface area contributed by atoms with Crippen molar-refractivity contribution in [2.24, 2.45) is 0 Å². The number of hydrogen-bond acceptors (Lipinski definition) is 4. The van der Waals surface area contributed by atoms with Gasteiger partial charge >= 0.3 is 0 Å². The van der Waals surface area contributed by atoms with Gasteiger partial charge in [-0.2, -0.15) is 0 Å². The molecular formula is C32H28N2O2. The third-order valence-corrected chi connectivity index (χ3v) is 5.89. The Kier molecular flexibility index (Phi) is 6.86. The number of nitrogens with two attached hydrogens (primary N) is 2. The van der Waals surface area contributed by atoms with Crippen molar-refractivity contribution < 1.29 is 9.47 Å². The van der Waals surface area contributed by atoms with Crippen LogP contribution in [0, 0.1) is 0 Å². The summed E-state index contributed by atoms with van der Waals surface area (Å²) in [5.74, 6) is 3.16. The molecule has 0 aromatic heterocycles. The first-order valence-electron chi connectivity index (χ1n) is 11.9. The minimum absolute atomic E-state index is 0.723. The van der Waals surface area contributed by atoms with Crippen molar-refractivity contribution in [2.75, 3.05) is 11.5 Å². The zero-order chi connectivity index (χ0) is 24.7. The first-order chi connectivity index (χ1) is 17.6. The molecule has 0 saturated heterocycles. The monoisotopic (exact) mass is 472 g/mol. The van der Waals surface area contributed by atoms with Crippen molar-refractivity contribution in [1.29, 1.82) is 0 Å². The molecule has 0 aliphatic heterocycles. The Morgan fingerprint density at radius 3 is 1.08 bits per heavy atom. The molecule has 0 fully saturated rings. The molecule has 4 nitrogen and oxygen atoms in total. The van der Waals surface area contributed by atoms with Crippen LogP contribution in [0.3, 0.4) is 0 Å². The fraction of sp³-hybridized carbons (Fsp3) is 0.0625. The zero-order valence-corrected chi connectivity index (χ0v) is 19.9. The molecule has 5 rings (SSSR count). The van der Waals surface area contributed by atoms with Gasteiger partial charge in [0, 0.05) is 11.4 Å². The molecule has 0 atom stereocenters. The van der Waals surface area contributed by atoms with Crippen LogP contribution < -0.4 is 20.9 Å². The Hall–Kier alpha value is -4.70. The number of rotatable bonds is 8. The lowest BCUT2D eigenvalue weighted by Crippen LogP contribution is -1.93. The lowest BCUT2D eigenvalue weighted by Gasteiger charge is -2.09. The van der Waals surface area contributed by atoms with Gasteiger partial charge in [-0.25, -0.2) is 0 Å². The Balaban J connectivity index is 1.19. The normalized spacial score (nSPS) is 10.7. The highest BCUT2D eigenvalue weighted by molar-refractivity contribution is 5.45. The van der Waals surface area contributed by atoms with Crippen molar-refractivity contribution in [3.63, 3.8) is 0 Å². The molecule has 0 radical (unpaired) electrons. The average Bonchev–Trinajstić information content (AvgIpc) is 2.89. The minimum atomic E-state index is 0.723. The second-order valence-electron chi connectivity index (χ2n) is 8.80. The van der Waals surface area contributed by atoms with E-state index in [1.807, 2.05) is 72.8 Å². The van der Waals surface area contributed by atoms with Crippen LogP contribution in [0.2, 0.25) is 0 Å². The van der Waals surface area contributed by atoms with E-state index >= 15 is 0 Å². The largest absolute Gasteiger partial charge is 0.457 e. The van der Waals surface area contributed by atoms with Gasteiger partial charge in [0.2, 0.25) is 0 Å². The zero-order valence-electron chi connectivity index (χ0n) is 19.9. The summed E-state index contributed by atoms with van der Waals surface area (Å²) in [6.07, 6.45) is 1.73. The second kappa shape index (κ2) is 10.7. The van der Waals surface area contributed by atoms with E-state index in [0.29, 0.717) is 0 Å². The molecule has 0 unspecified atom stereocenters. The topological polar surface area (TPSA) is 70.5 Å². The summed E-state index contributed by atoms with van der Waals surface area (Å²) >= 11 is 0.